The van der Waals surface area contributed by atoms with E-state index in [0.717, 1.165) is 0 Å². The molecular formula is C8H16O4. The van der Waals surface area contributed by atoms with Crippen molar-refractivity contribution in [1.29, 1.82) is 0 Å². The van der Waals surface area contributed by atoms with Crippen molar-refractivity contribution in [1.82, 2.24) is 0 Å². The van der Waals surface area contributed by atoms with Gasteiger partial charge in [0.1, 0.15) is 0 Å². The first-order chi connectivity index (χ1) is 5.81. The van der Waals surface area contributed by atoms with E-state index in [1.807, 2.05) is 0 Å². The zero-order valence-electron chi connectivity index (χ0n) is 7.67. The van der Waals surface area contributed by atoms with Gasteiger partial charge in [-0.05, 0) is 6.92 Å². The third-order valence-electron chi connectivity index (χ3n) is 1.19. The molecule has 0 spiro atoms. The second-order valence-electron chi connectivity index (χ2n) is 2.16. The average molecular weight is 176 g/mol. The first-order valence-corrected chi connectivity index (χ1v) is 4.03. The largest absolute Gasteiger partial charge is 0.466 e. The average Bonchev–Trinajstić information content (AvgIpc) is 2.05. The minimum absolute atomic E-state index is 0.213. The van der Waals surface area contributed by atoms with Crippen LogP contribution in [0, 0.1) is 0 Å². The van der Waals surface area contributed by atoms with Gasteiger partial charge in [0.2, 0.25) is 0 Å². The van der Waals surface area contributed by atoms with Gasteiger partial charge in [-0.2, -0.15) is 0 Å². The standard InChI is InChI=1S/C8H16O4/c1-3-12-8(9)4-5-11-7-6-10-2/h3-7H2,1-2H3. The van der Waals surface area contributed by atoms with Crippen LogP contribution in [0.15, 0.2) is 0 Å². The summed E-state index contributed by atoms with van der Waals surface area (Å²) in [5.41, 5.74) is 0. The molecule has 0 saturated heterocycles. The lowest BCUT2D eigenvalue weighted by atomic mass is 10.5. The number of hydrogen-bond donors (Lipinski definition) is 0. The highest BCUT2D eigenvalue weighted by atomic mass is 16.5. The van der Waals surface area contributed by atoms with E-state index in [1.54, 1.807) is 14.0 Å². The smallest absolute Gasteiger partial charge is 0.308 e. The molecule has 0 rings (SSSR count). The van der Waals surface area contributed by atoms with Crippen LogP contribution >= 0.6 is 0 Å². The van der Waals surface area contributed by atoms with Crippen molar-refractivity contribution in [3.8, 4) is 0 Å². The van der Waals surface area contributed by atoms with Crippen LogP contribution in [0.1, 0.15) is 13.3 Å². The predicted octanol–water partition coefficient (Wildman–Crippen LogP) is 0.603. The Morgan fingerprint density at radius 3 is 2.58 bits per heavy atom. The van der Waals surface area contributed by atoms with Gasteiger partial charge in [-0.1, -0.05) is 0 Å². The summed E-state index contributed by atoms with van der Waals surface area (Å²) in [4.78, 5) is 10.7. The summed E-state index contributed by atoms with van der Waals surface area (Å²) in [7, 11) is 1.61. The van der Waals surface area contributed by atoms with Crippen LogP contribution in [0.25, 0.3) is 0 Å². The second-order valence-corrected chi connectivity index (χ2v) is 2.16. The summed E-state index contributed by atoms with van der Waals surface area (Å²) in [5.74, 6) is -0.213. The Morgan fingerprint density at radius 1 is 1.25 bits per heavy atom. The minimum atomic E-state index is -0.213. The highest BCUT2D eigenvalue weighted by molar-refractivity contribution is 5.69. The van der Waals surface area contributed by atoms with Crippen LogP contribution in [-0.2, 0) is 19.0 Å². The highest BCUT2D eigenvalue weighted by Gasteiger charge is 1.99. The van der Waals surface area contributed by atoms with E-state index >= 15 is 0 Å². The van der Waals surface area contributed by atoms with E-state index < -0.39 is 0 Å². The quantitative estimate of drug-likeness (QED) is 0.421. The molecule has 0 fully saturated rings. The van der Waals surface area contributed by atoms with Gasteiger partial charge in [0.05, 0.1) is 32.8 Å². The monoisotopic (exact) mass is 176 g/mol. The fourth-order valence-corrected chi connectivity index (χ4v) is 0.633. The predicted molar refractivity (Wildman–Crippen MR) is 43.9 cm³/mol. The van der Waals surface area contributed by atoms with Crippen molar-refractivity contribution in [3.05, 3.63) is 0 Å². The summed E-state index contributed by atoms with van der Waals surface area (Å²) >= 11 is 0. The third kappa shape index (κ3) is 7.50. The number of hydrogen-bond acceptors (Lipinski definition) is 4. The van der Waals surface area contributed by atoms with Crippen molar-refractivity contribution >= 4 is 5.97 Å². The highest BCUT2D eigenvalue weighted by Crippen LogP contribution is 1.87. The SMILES string of the molecule is CCOC(=O)CCOCCOC. The van der Waals surface area contributed by atoms with E-state index in [1.165, 1.54) is 0 Å². The Bertz CT molecular complexity index is 114. The fraction of sp³-hybridized carbons (Fsp3) is 0.875. The Labute approximate surface area is 72.8 Å². The normalized spacial score (nSPS) is 9.83. The first kappa shape index (κ1) is 11.4. The summed E-state index contributed by atoms with van der Waals surface area (Å²) in [6.07, 6.45) is 0.317. The number of rotatable bonds is 7. The van der Waals surface area contributed by atoms with Crippen molar-refractivity contribution in [3.63, 3.8) is 0 Å². The molecule has 72 valence electrons. The number of carbonyl (C=O) groups excluding carboxylic acids is 1. The summed E-state index contributed by atoms with van der Waals surface area (Å²) in [5, 5.41) is 0. The molecule has 0 heterocycles. The van der Waals surface area contributed by atoms with Gasteiger partial charge in [0, 0.05) is 7.11 Å². The molecule has 0 aromatic carbocycles. The van der Waals surface area contributed by atoms with Crippen molar-refractivity contribution in [2.45, 2.75) is 13.3 Å². The van der Waals surface area contributed by atoms with Crippen molar-refractivity contribution < 1.29 is 19.0 Å². The molecule has 0 atom stereocenters. The van der Waals surface area contributed by atoms with Crippen LogP contribution in [-0.4, -0.2) is 39.5 Å². The Balaban J connectivity index is 3.03. The maximum absolute atomic E-state index is 10.7. The lowest BCUT2D eigenvalue weighted by Gasteiger charge is -2.02. The maximum Gasteiger partial charge on any atom is 0.308 e. The molecule has 12 heavy (non-hydrogen) atoms. The number of carbonyl (C=O) groups is 1. The van der Waals surface area contributed by atoms with Gasteiger partial charge >= 0.3 is 5.97 Å². The van der Waals surface area contributed by atoms with Crippen LogP contribution in [0.3, 0.4) is 0 Å². The van der Waals surface area contributed by atoms with Crippen molar-refractivity contribution in [2.24, 2.45) is 0 Å². The summed E-state index contributed by atoms with van der Waals surface area (Å²) < 4.78 is 14.5. The van der Waals surface area contributed by atoms with Crippen molar-refractivity contribution in [2.75, 3.05) is 33.5 Å². The van der Waals surface area contributed by atoms with Gasteiger partial charge in [-0.3, -0.25) is 4.79 Å². The lowest BCUT2D eigenvalue weighted by molar-refractivity contribution is -0.144. The zero-order valence-corrected chi connectivity index (χ0v) is 7.67. The topological polar surface area (TPSA) is 44.8 Å². The molecular weight excluding hydrogens is 160 g/mol. The molecule has 0 saturated carbocycles. The molecule has 0 aliphatic carbocycles. The van der Waals surface area contributed by atoms with Gasteiger partial charge in [0.15, 0.2) is 0 Å². The van der Waals surface area contributed by atoms with Crippen LogP contribution in [0.2, 0.25) is 0 Å². The van der Waals surface area contributed by atoms with Crippen LogP contribution in [0.5, 0.6) is 0 Å². The fourth-order valence-electron chi connectivity index (χ4n) is 0.633. The van der Waals surface area contributed by atoms with Gasteiger partial charge in [-0.25, -0.2) is 0 Å². The summed E-state index contributed by atoms with van der Waals surface area (Å²) in [6.45, 7) is 3.70. The molecule has 0 aliphatic heterocycles. The Morgan fingerprint density at radius 2 is 2.00 bits per heavy atom. The van der Waals surface area contributed by atoms with Gasteiger partial charge in [-0.15, -0.1) is 0 Å². The van der Waals surface area contributed by atoms with E-state index in [0.29, 0.717) is 32.8 Å². The number of methoxy groups -OCH3 is 1. The minimum Gasteiger partial charge on any atom is -0.466 e. The van der Waals surface area contributed by atoms with E-state index in [2.05, 4.69) is 0 Å². The first-order valence-electron chi connectivity index (χ1n) is 4.03. The van der Waals surface area contributed by atoms with E-state index in [4.69, 9.17) is 14.2 Å². The van der Waals surface area contributed by atoms with E-state index in [-0.39, 0.29) is 5.97 Å². The van der Waals surface area contributed by atoms with Gasteiger partial charge < -0.3 is 14.2 Å². The summed E-state index contributed by atoms with van der Waals surface area (Å²) in [6, 6.07) is 0. The van der Waals surface area contributed by atoms with Crippen LogP contribution < -0.4 is 0 Å². The van der Waals surface area contributed by atoms with E-state index in [9.17, 15) is 4.79 Å². The third-order valence-corrected chi connectivity index (χ3v) is 1.19. The molecule has 0 bridgehead atoms. The Hall–Kier alpha value is -0.610. The molecule has 4 heteroatoms. The second kappa shape index (κ2) is 8.49. The molecule has 0 aromatic heterocycles. The molecule has 0 amide bonds. The maximum atomic E-state index is 10.7. The molecule has 4 nitrogen and oxygen atoms in total. The van der Waals surface area contributed by atoms with Crippen LogP contribution in [0.4, 0.5) is 0 Å². The lowest BCUT2D eigenvalue weighted by Crippen LogP contribution is -2.10. The number of esters is 1. The molecule has 0 aliphatic rings. The zero-order chi connectivity index (χ0) is 9.23. The van der Waals surface area contributed by atoms with Gasteiger partial charge in [0.25, 0.3) is 0 Å². The molecule has 0 N–H and O–H groups in total. The Kier molecular flexibility index (Phi) is 8.05. The molecule has 0 unspecified atom stereocenters. The molecule has 0 radical (unpaired) electrons. The molecule has 0 aromatic rings. The number of ether oxygens (including phenoxy) is 3.